The maximum absolute atomic E-state index is 13.6. The molecule has 0 aliphatic heterocycles. The third-order valence-electron chi connectivity index (χ3n) is 3.15. The van der Waals surface area contributed by atoms with E-state index < -0.39 is 39.2 Å². The molecule has 0 aliphatic rings. The fraction of sp³-hybridized carbons (Fsp3) is 0.188. The van der Waals surface area contributed by atoms with Crippen LogP contribution in [0.1, 0.15) is 22.8 Å². The number of hydrogen-bond donors (Lipinski definition) is 0. The number of halogens is 2. The average molecular weight is 340 g/mol. The van der Waals surface area contributed by atoms with Crippen molar-refractivity contribution in [2.75, 3.05) is 0 Å². The molecule has 0 aromatic heterocycles. The molecule has 0 spiro atoms. The number of carbonyl (C=O) groups is 1. The zero-order valence-corrected chi connectivity index (χ0v) is 13.2. The molecule has 23 heavy (non-hydrogen) atoms. The van der Waals surface area contributed by atoms with Crippen LogP contribution in [0.2, 0.25) is 0 Å². The van der Waals surface area contributed by atoms with Gasteiger partial charge in [0.05, 0.1) is 10.5 Å². The first-order valence-electron chi connectivity index (χ1n) is 6.70. The van der Waals surface area contributed by atoms with Crippen molar-refractivity contribution in [3.05, 3.63) is 65.2 Å². The molecule has 2 rings (SSSR count). The summed E-state index contributed by atoms with van der Waals surface area (Å²) in [5.41, 5.74) is 0.430. The second-order valence-electron chi connectivity index (χ2n) is 4.99. The van der Waals surface area contributed by atoms with Crippen LogP contribution < -0.4 is 0 Å². The first-order chi connectivity index (χ1) is 10.7. The lowest BCUT2D eigenvalue weighted by Crippen LogP contribution is -2.25. The second kappa shape index (κ2) is 6.55. The second-order valence-corrected chi connectivity index (χ2v) is 6.57. The highest BCUT2D eigenvalue weighted by Crippen LogP contribution is 2.18. The SMILES string of the molecule is Cc1ccc(S(=O)(=O)OC(C)C(=O)c2ccc(F)cc2F)cc1. The van der Waals surface area contributed by atoms with E-state index in [2.05, 4.69) is 0 Å². The Labute approximate surface area is 132 Å². The van der Waals surface area contributed by atoms with E-state index in [1.807, 2.05) is 0 Å². The van der Waals surface area contributed by atoms with Gasteiger partial charge in [-0.1, -0.05) is 17.7 Å². The third kappa shape index (κ3) is 4.00. The maximum Gasteiger partial charge on any atom is 0.297 e. The van der Waals surface area contributed by atoms with Gasteiger partial charge in [-0.15, -0.1) is 0 Å². The summed E-state index contributed by atoms with van der Waals surface area (Å²) in [6, 6.07) is 8.28. The molecular formula is C16H14F2O4S. The highest BCUT2D eigenvalue weighted by atomic mass is 32.2. The van der Waals surface area contributed by atoms with Crippen molar-refractivity contribution < 1.29 is 26.2 Å². The number of aryl methyl sites for hydroxylation is 1. The first-order valence-corrected chi connectivity index (χ1v) is 8.11. The minimum atomic E-state index is -4.17. The van der Waals surface area contributed by atoms with Crippen LogP contribution in [0.25, 0.3) is 0 Å². The Morgan fingerprint density at radius 2 is 1.70 bits per heavy atom. The molecule has 2 aromatic rings. The summed E-state index contributed by atoms with van der Waals surface area (Å²) in [7, 11) is -4.17. The minimum absolute atomic E-state index is 0.109. The van der Waals surface area contributed by atoms with Crippen molar-refractivity contribution in [1.82, 2.24) is 0 Å². The molecule has 1 unspecified atom stereocenters. The van der Waals surface area contributed by atoms with Crippen molar-refractivity contribution in [2.24, 2.45) is 0 Å². The van der Waals surface area contributed by atoms with E-state index in [1.165, 1.54) is 19.1 Å². The summed E-state index contributed by atoms with van der Waals surface area (Å²) in [6.07, 6.45) is -1.44. The van der Waals surface area contributed by atoms with Crippen LogP contribution in [0.15, 0.2) is 47.4 Å². The number of benzene rings is 2. The van der Waals surface area contributed by atoms with E-state index in [-0.39, 0.29) is 4.90 Å². The van der Waals surface area contributed by atoms with E-state index in [4.69, 9.17) is 4.18 Å². The van der Waals surface area contributed by atoms with E-state index in [0.717, 1.165) is 17.7 Å². The number of Topliss-reactive ketones (excluding diaryl/α,β-unsaturated/α-hetero) is 1. The number of rotatable bonds is 5. The summed E-state index contributed by atoms with van der Waals surface area (Å²) in [5, 5.41) is 0. The molecule has 0 saturated heterocycles. The van der Waals surface area contributed by atoms with E-state index in [9.17, 15) is 22.0 Å². The lowest BCUT2D eigenvalue weighted by molar-refractivity contribution is 0.0821. The summed E-state index contributed by atoms with van der Waals surface area (Å²) in [5.74, 6) is -2.80. The molecule has 7 heteroatoms. The highest BCUT2D eigenvalue weighted by molar-refractivity contribution is 7.86. The largest absolute Gasteiger partial charge is 0.297 e. The molecule has 0 bridgehead atoms. The number of carbonyl (C=O) groups excluding carboxylic acids is 1. The molecule has 0 amide bonds. The summed E-state index contributed by atoms with van der Waals surface area (Å²) < 4.78 is 55.5. The van der Waals surface area contributed by atoms with Crippen LogP contribution in [0.3, 0.4) is 0 Å². The molecule has 0 aliphatic carbocycles. The summed E-state index contributed by atoms with van der Waals surface area (Å²) >= 11 is 0. The van der Waals surface area contributed by atoms with E-state index >= 15 is 0 Å². The smallest absolute Gasteiger partial charge is 0.291 e. The van der Waals surface area contributed by atoms with Gasteiger partial charge in [0.15, 0.2) is 5.78 Å². The average Bonchev–Trinajstić information content (AvgIpc) is 2.46. The van der Waals surface area contributed by atoms with Crippen molar-refractivity contribution in [3.8, 4) is 0 Å². The lowest BCUT2D eigenvalue weighted by atomic mass is 10.1. The Hall–Kier alpha value is -2.12. The van der Waals surface area contributed by atoms with Crippen molar-refractivity contribution in [3.63, 3.8) is 0 Å². The van der Waals surface area contributed by atoms with Gasteiger partial charge in [0.1, 0.15) is 17.7 Å². The van der Waals surface area contributed by atoms with Crippen molar-refractivity contribution in [2.45, 2.75) is 24.8 Å². The molecule has 4 nitrogen and oxygen atoms in total. The molecule has 0 saturated carbocycles. The quantitative estimate of drug-likeness (QED) is 0.619. The van der Waals surface area contributed by atoms with Crippen LogP contribution in [0.4, 0.5) is 8.78 Å². The van der Waals surface area contributed by atoms with Gasteiger partial charge >= 0.3 is 0 Å². The van der Waals surface area contributed by atoms with E-state index in [1.54, 1.807) is 19.1 Å². The Morgan fingerprint density at radius 1 is 1.09 bits per heavy atom. The predicted molar refractivity (Wildman–Crippen MR) is 79.6 cm³/mol. The van der Waals surface area contributed by atoms with Crippen LogP contribution in [0, 0.1) is 18.6 Å². The summed E-state index contributed by atoms with van der Waals surface area (Å²) in [4.78, 5) is 12.0. The Balaban J connectivity index is 2.22. The molecule has 2 aromatic carbocycles. The molecule has 122 valence electrons. The Bertz CT molecular complexity index is 830. The van der Waals surface area contributed by atoms with Gasteiger partial charge in [-0.05, 0) is 38.1 Å². The zero-order valence-electron chi connectivity index (χ0n) is 12.4. The van der Waals surface area contributed by atoms with Crippen molar-refractivity contribution >= 4 is 15.9 Å². The molecule has 0 radical (unpaired) electrons. The molecule has 0 N–H and O–H groups in total. The monoisotopic (exact) mass is 340 g/mol. The van der Waals surface area contributed by atoms with Crippen LogP contribution in [0.5, 0.6) is 0 Å². The van der Waals surface area contributed by atoms with Gasteiger partial charge in [-0.25, -0.2) is 8.78 Å². The van der Waals surface area contributed by atoms with Crippen LogP contribution >= 0.6 is 0 Å². The summed E-state index contributed by atoms with van der Waals surface area (Å²) in [6.45, 7) is 2.98. The van der Waals surface area contributed by atoms with Gasteiger partial charge in [0.2, 0.25) is 0 Å². The molecule has 0 heterocycles. The van der Waals surface area contributed by atoms with Crippen molar-refractivity contribution in [1.29, 1.82) is 0 Å². The Morgan fingerprint density at radius 3 is 2.26 bits per heavy atom. The van der Waals surface area contributed by atoms with Crippen LogP contribution in [-0.4, -0.2) is 20.3 Å². The van der Waals surface area contributed by atoms with Gasteiger partial charge < -0.3 is 0 Å². The number of hydrogen-bond acceptors (Lipinski definition) is 4. The maximum atomic E-state index is 13.6. The van der Waals surface area contributed by atoms with Gasteiger partial charge in [0, 0.05) is 6.07 Å². The fourth-order valence-electron chi connectivity index (χ4n) is 1.90. The predicted octanol–water partition coefficient (Wildman–Crippen LogP) is 3.25. The topological polar surface area (TPSA) is 60.4 Å². The molecule has 0 fully saturated rings. The van der Waals surface area contributed by atoms with Gasteiger partial charge in [-0.2, -0.15) is 8.42 Å². The zero-order chi connectivity index (χ0) is 17.2. The van der Waals surface area contributed by atoms with E-state index in [0.29, 0.717) is 6.07 Å². The fourth-order valence-corrected chi connectivity index (χ4v) is 2.95. The van der Waals surface area contributed by atoms with Gasteiger partial charge in [-0.3, -0.25) is 8.98 Å². The molecule has 1 atom stereocenters. The van der Waals surface area contributed by atoms with Crippen LogP contribution in [-0.2, 0) is 14.3 Å². The van der Waals surface area contributed by atoms with Gasteiger partial charge in [0.25, 0.3) is 10.1 Å². The standard InChI is InChI=1S/C16H14F2O4S/c1-10-3-6-13(7-4-10)23(20,21)22-11(2)16(19)14-8-5-12(17)9-15(14)18/h3-9,11H,1-2H3. The lowest BCUT2D eigenvalue weighted by Gasteiger charge is -2.13. The number of ketones is 1. The minimum Gasteiger partial charge on any atom is -0.291 e. The normalized spacial score (nSPS) is 12.9. The highest BCUT2D eigenvalue weighted by Gasteiger charge is 2.26. The third-order valence-corrected chi connectivity index (χ3v) is 4.54. The molecular weight excluding hydrogens is 326 g/mol. The Kier molecular flexibility index (Phi) is 4.91. The first kappa shape index (κ1) is 17.2.